The fraction of sp³-hybridized carbons (Fsp3) is 0.647. The monoisotopic (exact) mass is 295 g/mol. The second-order valence-electron chi connectivity index (χ2n) is 5.92. The third-order valence-electron chi connectivity index (χ3n) is 3.61. The second-order valence-corrected chi connectivity index (χ2v) is 5.92. The zero-order chi connectivity index (χ0) is 15.9. The number of methoxy groups -OCH3 is 2. The van der Waals surface area contributed by atoms with Gasteiger partial charge in [0.25, 0.3) is 0 Å². The van der Waals surface area contributed by atoms with E-state index in [4.69, 9.17) is 9.47 Å². The standard InChI is InChI=1S/C17H29NO3/c1-6-9-17(3,19)12-18-13(2)10-14-7-8-15(20-4)16(11-14)21-5/h7-8,11,13,18-19H,6,9-10,12H2,1-5H3. The van der Waals surface area contributed by atoms with Crippen molar-refractivity contribution in [3.8, 4) is 11.5 Å². The molecule has 0 bridgehead atoms. The highest BCUT2D eigenvalue weighted by Gasteiger charge is 2.19. The fourth-order valence-corrected chi connectivity index (χ4v) is 2.45. The van der Waals surface area contributed by atoms with E-state index in [9.17, 15) is 5.11 Å². The molecule has 0 aromatic heterocycles. The van der Waals surface area contributed by atoms with Crippen LogP contribution in [0.2, 0.25) is 0 Å². The summed E-state index contributed by atoms with van der Waals surface area (Å²) in [5, 5.41) is 13.6. The summed E-state index contributed by atoms with van der Waals surface area (Å²) >= 11 is 0. The van der Waals surface area contributed by atoms with Crippen LogP contribution in [0.25, 0.3) is 0 Å². The summed E-state index contributed by atoms with van der Waals surface area (Å²) in [4.78, 5) is 0. The number of nitrogens with one attached hydrogen (secondary N) is 1. The lowest BCUT2D eigenvalue weighted by Crippen LogP contribution is -2.42. The highest BCUT2D eigenvalue weighted by molar-refractivity contribution is 5.43. The molecule has 0 amide bonds. The summed E-state index contributed by atoms with van der Waals surface area (Å²) in [5.74, 6) is 1.49. The molecule has 0 heterocycles. The van der Waals surface area contributed by atoms with E-state index in [1.54, 1.807) is 14.2 Å². The number of ether oxygens (including phenoxy) is 2. The first-order valence-corrected chi connectivity index (χ1v) is 7.58. The molecule has 2 atom stereocenters. The van der Waals surface area contributed by atoms with Gasteiger partial charge in [-0.1, -0.05) is 19.4 Å². The molecule has 4 heteroatoms. The van der Waals surface area contributed by atoms with E-state index in [2.05, 4.69) is 19.2 Å². The van der Waals surface area contributed by atoms with Crippen LogP contribution in [-0.4, -0.2) is 37.5 Å². The van der Waals surface area contributed by atoms with Gasteiger partial charge in [-0.3, -0.25) is 0 Å². The number of aliphatic hydroxyl groups is 1. The Kier molecular flexibility index (Phi) is 6.99. The first-order chi connectivity index (χ1) is 9.91. The van der Waals surface area contributed by atoms with Gasteiger partial charge in [-0.05, 0) is 44.4 Å². The van der Waals surface area contributed by atoms with Gasteiger partial charge in [-0.2, -0.15) is 0 Å². The number of rotatable bonds is 9. The van der Waals surface area contributed by atoms with E-state index in [0.29, 0.717) is 6.54 Å². The van der Waals surface area contributed by atoms with Crippen molar-refractivity contribution in [2.24, 2.45) is 0 Å². The van der Waals surface area contributed by atoms with Crippen LogP contribution in [0, 0.1) is 0 Å². The lowest BCUT2D eigenvalue weighted by atomic mass is 9.99. The highest BCUT2D eigenvalue weighted by atomic mass is 16.5. The van der Waals surface area contributed by atoms with Crippen LogP contribution in [0.3, 0.4) is 0 Å². The maximum absolute atomic E-state index is 10.2. The number of benzene rings is 1. The topological polar surface area (TPSA) is 50.7 Å². The van der Waals surface area contributed by atoms with Crippen molar-refractivity contribution >= 4 is 0 Å². The van der Waals surface area contributed by atoms with Crippen LogP contribution >= 0.6 is 0 Å². The first-order valence-electron chi connectivity index (χ1n) is 7.58. The van der Waals surface area contributed by atoms with E-state index in [1.165, 1.54) is 5.56 Å². The fourth-order valence-electron chi connectivity index (χ4n) is 2.45. The van der Waals surface area contributed by atoms with E-state index >= 15 is 0 Å². The van der Waals surface area contributed by atoms with Crippen molar-refractivity contribution < 1.29 is 14.6 Å². The zero-order valence-electron chi connectivity index (χ0n) is 13.9. The smallest absolute Gasteiger partial charge is 0.160 e. The Hall–Kier alpha value is -1.26. The Morgan fingerprint density at radius 2 is 1.90 bits per heavy atom. The second kappa shape index (κ2) is 8.25. The summed E-state index contributed by atoms with van der Waals surface area (Å²) < 4.78 is 10.6. The molecule has 0 aliphatic carbocycles. The Balaban J connectivity index is 2.56. The third-order valence-corrected chi connectivity index (χ3v) is 3.61. The van der Waals surface area contributed by atoms with Crippen LogP contribution in [0.15, 0.2) is 18.2 Å². The molecule has 0 radical (unpaired) electrons. The minimum absolute atomic E-state index is 0.284. The first kappa shape index (κ1) is 17.8. The summed E-state index contributed by atoms with van der Waals surface area (Å²) in [7, 11) is 3.28. The summed E-state index contributed by atoms with van der Waals surface area (Å²) in [6.45, 7) is 6.70. The van der Waals surface area contributed by atoms with Crippen LogP contribution in [0.5, 0.6) is 11.5 Å². The molecule has 0 aliphatic heterocycles. The molecule has 2 N–H and O–H groups in total. The van der Waals surface area contributed by atoms with Crippen molar-refractivity contribution in [1.82, 2.24) is 5.32 Å². The molecule has 0 spiro atoms. The van der Waals surface area contributed by atoms with Crippen molar-refractivity contribution in [2.75, 3.05) is 20.8 Å². The Bertz CT molecular complexity index is 432. The molecule has 0 aliphatic rings. The predicted molar refractivity (Wildman–Crippen MR) is 86.2 cm³/mol. The van der Waals surface area contributed by atoms with Gasteiger partial charge in [0.15, 0.2) is 11.5 Å². The van der Waals surface area contributed by atoms with Crippen LogP contribution in [0.1, 0.15) is 39.2 Å². The van der Waals surface area contributed by atoms with Gasteiger partial charge in [0.1, 0.15) is 0 Å². The molecule has 1 aromatic carbocycles. The van der Waals surface area contributed by atoms with E-state index in [0.717, 1.165) is 30.8 Å². The molecule has 0 saturated carbocycles. The molecular formula is C17H29NO3. The van der Waals surface area contributed by atoms with Gasteiger partial charge in [0.05, 0.1) is 19.8 Å². The van der Waals surface area contributed by atoms with Gasteiger partial charge < -0.3 is 19.9 Å². The molecule has 0 fully saturated rings. The van der Waals surface area contributed by atoms with Crippen molar-refractivity contribution in [1.29, 1.82) is 0 Å². The molecular weight excluding hydrogens is 266 g/mol. The lowest BCUT2D eigenvalue weighted by molar-refractivity contribution is 0.0477. The highest BCUT2D eigenvalue weighted by Crippen LogP contribution is 2.28. The van der Waals surface area contributed by atoms with Gasteiger partial charge in [-0.25, -0.2) is 0 Å². The lowest BCUT2D eigenvalue weighted by Gasteiger charge is -2.25. The van der Waals surface area contributed by atoms with Gasteiger partial charge in [0, 0.05) is 12.6 Å². The van der Waals surface area contributed by atoms with E-state index in [-0.39, 0.29) is 6.04 Å². The molecule has 120 valence electrons. The summed E-state index contributed by atoms with van der Waals surface area (Å²) in [6.07, 6.45) is 2.67. The van der Waals surface area contributed by atoms with E-state index in [1.807, 2.05) is 25.1 Å². The SMILES string of the molecule is CCCC(C)(O)CNC(C)Cc1ccc(OC)c(OC)c1. The average molecular weight is 295 g/mol. The van der Waals surface area contributed by atoms with Crippen molar-refractivity contribution in [2.45, 2.75) is 51.7 Å². The minimum atomic E-state index is -0.638. The summed E-state index contributed by atoms with van der Waals surface area (Å²) in [6, 6.07) is 6.26. The normalized spacial score (nSPS) is 15.3. The predicted octanol–water partition coefficient (Wildman–Crippen LogP) is 2.78. The van der Waals surface area contributed by atoms with Crippen LogP contribution in [-0.2, 0) is 6.42 Å². The zero-order valence-corrected chi connectivity index (χ0v) is 13.9. The van der Waals surface area contributed by atoms with Crippen LogP contribution in [0.4, 0.5) is 0 Å². The molecule has 21 heavy (non-hydrogen) atoms. The maximum Gasteiger partial charge on any atom is 0.160 e. The maximum atomic E-state index is 10.2. The van der Waals surface area contributed by atoms with Gasteiger partial charge in [-0.15, -0.1) is 0 Å². The van der Waals surface area contributed by atoms with Crippen molar-refractivity contribution in [3.05, 3.63) is 23.8 Å². The molecule has 1 aromatic rings. The van der Waals surface area contributed by atoms with Gasteiger partial charge in [0.2, 0.25) is 0 Å². The Morgan fingerprint density at radius 3 is 2.48 bits per heavy atom. The molecule has 4 nitrogen and oxygen atoms in total. The number of hydrogen-bond acceptors (Lipinski definition) is 4. The summed E-state index contributed by atoms with van der Waals surface area (Å²) in [5.41, 5.74) is 0.545. The van der Waals surface area contributed by atoms with Crippen LogP contribution < -0.4 is 14.8 Å². The Labute approximate surface area is 128 Å². The van der Waals surface area contributed by atoms with E-state index < -0.39 is 5.60 Å². The largest absolute Gasteiger partial charge is 0.493 e. The number of hydrogen-bond donors (Lipinski definition) is 2. The molecule has 0 saturated heterocycles. The quantitative estimate of drug-likeness (QED) is 0.735. The van der Waals surface area contributed by atoms with Crippen molar-refractivity contribution in [3.63, 3.8) is 0 Å². The minimum Gasteiger partial charge on any atom is -0.493 e. The Morgan fingerprint density at radius 1 is 1.24 bits per heavy atom. The molecule has 1 rings (SSSR count). The third kappa shape index (κ3) is 5.94. The molecule has 2 unspecified atom stereocenters. The van der Waals surface area contributed by atoms with Gasteiger partial charge >= 0.3 is 0 Å². The average Bonchev–Trinajstić information content (AvgIpc) is 2.45.